The fourth-order valence-electron chi connectivity index (χ4n) is 1.61. The largest absolute Gasteiger partial charge is 0.511 e. The first-order chi connectivity index (χ1) is 8.58. The molecule has 2 aromatic carbocycles. The molecule has 0 heterocycles. The Bertz CT molecular complexity index is 564. The summed E-state index contributed by atoms with van der Waals surface area (Å²) < 4.78 is 9.20. The molecule has 0 aliphatic heterocycles. The van der Waals surface area contributed by atoms with E-state index in [2.05, 4.69) is 9.47 Å². The van der Waals surface area contributed by atoms with Crippen LogP contribution < -0.4 is 9.47 Å². The van der Waals surface area contributed by atoms with Crippen LogP contribution in [0.25, 0.3) is 10.8 Å². The van der Waals surface area contributed by atoms with E-state index in [1.165, 1.54) is 12.1 Å². The van der Waals surface area contributed by atoms with Crippen LogP contribution in [0.3, 0.4) is 0 Å². The topological polar surface area (TPSA) is 93.1 Å². The summed E-state index contributed by atoms with van der Waals surface area (Å²) in [6.45, 7) is 0. The average molecular weight is 248 g/mol. The van der Waals surface area contributed by atoms with Gasteiger partial charge >= 0.3 is 12.3 Å². The number of hydrogen-bond acceptors (Lipinski definition) is 4. The molecule has 6 nitrogen and oxygen atoms in total. The van der Waals surface area contributed by atoms with Crippen LogP contribution in [0, 0.1) is 0 Å². The van der Waals surface area contributed by atoms with Gasteiger partial charge in [-0.05, 0) is 12.1 Å². The van der Waals surface area contributed by atoms with E-state index in [1.807, 2.05) is 0 Å². The molecule has 2 N–H and O–H groups in total. The molecule has 0 aliphatic rings. The highest BCUT2D eigenvalue weighted by molar-refractivity contribution is 5.95. The lowest BCUT2D eigenvalue weighted by atomic mass is 10.1. The zero-order valence-electron chi connectivity index (χ0n) is 8.99. The van der Waals surface area contributed by atoms with Gasteiger partial charge in [-0.3, -0.25) is 0 Å². The number of rotatable bonds is 2. The third kappa shape index (κ3) is 2.32. The number of ether oxygens (including phenoxy) is 2. The molecule has 0 fully saturated rings. The second-order valence-corrected chi connectivity index (χ2v) is 3.34. The maximum absolute atomic E-state index is 10.5. The van der Waals surface area contributed by atoms with E-state index < -0.39 is 12.3 Å². The Morgan fingerprint density at radius 3 is 1.50 bits per heavy atom. The van der Waals surface area contributed by atoms with E-state index in [0.717, 1.165) is 0 Å². The zero-order valence-corrected chi connectivity index (χ0v) is 8.99. The van der Waals surface area contributed by atoms with Gasteiger partial charge in [0.2, 0.25) is 0 Å². The number of carbonyl (C=O) groups is 2. The summed E-state index contributed by atoms with van der Waals surface area (Å²) in [6, 6.07) is 9.28. The molecule has 2 aromatic rings. The van der Waals surface area contributed by atoms with Crippen molar-refractivity contribution in [2.75, 3.05) is 0 Å². The first-order valence-corrected chi connectivity index (χ1v) is 4.91. The molecule has 0 saturated heterocycles. The Labute approximate surface area is 101 Å². The molecule has 92 valence electrons. The summed E-state index contributed by atoms with van der Waals surface area (Å²) in [7, 11) is 0. The highest BCUT2D eigenvalue weighted by Crippen LogP contribution is 2.33. The zero-order chi connectivity index (χ0) is 13.1. The first-order valence-electron chi connectivity index (χ1n) is 4.91. The lowest BCUT2D eigenvalue weighted by Crippen LogP contribution is -2.05. The molecule has 6 heteroatoms. The second-order valence-electron chi connectivity index (χ2n) is 3.34. The first kappa shape index (κ1) is 11.7. The van der Waals surface area contributed by atoms with Crippen molar-refractivity contribution in [2.45, 2.75) is 0 Å². The minimum absolute atomic E-state index is 0.121. The number of carboxylic acid groups (broad SMARTS) is 2. The molecule has 18 heavy (non-hydrogen) atoms. The molecule has 0 unspecified atom stereocenters. The Morgan fingerprint density at radius 2 is 1.17 bits per heavy atom. The monoisotopic (exact) mass is 248 g/mol. The van der Waals surface area contributed by atoms with E-state index >= 15 is 0 Å². The standard InChI is InChI=1S/C12H8O6/c13-11(14)17-9-5-6-10(18-12(15)16)8-4-2-1-3-7(8)9/h1-6H,(H,13,14)(H,15,16). The van der Waals surface area contributed by atoms with E-state index in [0.29, 0.717) is 10.8 Å². The van der Waals surface area contributed by atoms with Gasteiger partial charge in [-0.2, -0.15) is 0 Å². The second kappa shape index (κ2) is 4.62. The van der Waals surface area contributed by atoms with Crippen molar-refractivity contribution >= 4 is 23.1 Å². The maximum Gasteiger partial charge on any atom is 0.511 e. The summed E-state index contributed by atoms with van der Waals surface area (Å²) in [5.74, 6) is 0.242. The fraction of sp³-hybridized carbons (Fsp3) is 0. The smallest absolute Gasteiger partial charge is 0.449 e. The average Bonchev–Trinajstić information content (AvgIpc) is 2.31. The van der Waals surface area contributed by atoms with Crippen LogP contribution in [0.2, 0.25) is 0 Å². The van der Waals surface area contributed by atoms with Crippen molar-refractivity contribution < 1.29 is 29.3 Å². The lowest BCUT2D eigenvalue weighted by Gasteiger charge is -2.08. The van der Waals surface area contributed by atoms with Gasteiger partial charge in [0.05, 0.1) is 0 Å². The van der Waals surface area contributed by atoms with Crippen molar-refractivity contribution in [3.8, 4) is 11.5 Å². The highest BCUT2D eigenvalue weighted by atomic mass is 16.7. The summed E-state index contributed by atoms with van der Waals surface area (Å²) >= 11 is 0. The van der Waals surface area contributed by atoms with Gasteiger partial charge in [-0.15, -0.1) is 0 Å². The lowest BCUT2D eigenvalue weighted by molar-refractivity contribution is 0.142. The van der Waals surface area contributed by atoms with Crippen molar-refractivity contribution in [3.05, 3.63) is 36.4 Å². The Kier molecular flexibility index (Phi) is 3.01. The summed E-state index contributed by atoms with van der Waals surface area (Å²) in [4.78, 5) is 21.1. The minimum Gasteiger partial charge on any atom is -0.449 e. The third-order valence-corrected chi connectivity index (χ3v) is 2.24. The van der Waals surface area contributed by atoms with E-state index in [9.17, 15) is 9.59 Å². The molecule has 0 spiro atoms. The van der Waals surface area contributed by atoms with Gasteiger partial charge < -0.3 is 19.7 Å². The molecular weight excluding hydrogens is 240 g/mol. The number of fused-ring (bicyclic) bond motifs is 1. The van der Waals surface area contributed by atoms with Crippen molar-refractivity contribution in [3.63, 3.8) is 0 Å². The molecule has 0 saturated carbocycles. The van der Waals surface area contributed by atoms with Crippen LogP contribution >= 0.6 is 0 Å². The number of hydrogen-bond donors (Lipinski definition) is 2. The Hall–Kier alpha value is -2.76. The van der Waals surface area contributed by atoms with Crippen LogP contribution in [-0.4, -0.2) is 22.5 Å². The normalized spacial score (nSPS) is 10.0. The molecular formula is C12H8O6. The van der Waals surface area contributed by atoms with Gasteiger partial charge in [0.1, 0.15) is 11.5 Å². The van der Waals surface area contributed by atoms with Crippen molar-refractivity contribution in [2.24, 2.45) is 0 Å². The summed E-state index contributed by atoms with van der Waals surface area (Å²) in [5.41, 5.74) is 0. The van der Waals surface area contributed by atoms with Gasteiger partial charge in [-0.1, -0.05) is 24.3 Å². The fourth-order valence-corrected chi connectivity index (χ4v) is 1.61. The highest BCUT2D eigenvalue weighted by Gasteiger charge is 2.12. The minimum atomic E-state index is -1.44. The quantitative estimate of drug-likeness (QED) is 0.626. The Morgan fingerprint density at radius 1 is 0.778 bits per heavy atom. The molecule has 2 rings (SSSR count). The summed E-state index contributed by atoms with van der Waals surface area (Å²) in [6.07, 6.45) is -2.88. The molecule has 0 amide bonds. The van der Waals surface area contributed by atoms with Crippen LogP contribution in [-0.2, 0) is 0 Å². The van der Waals surface area contributed by atoms with Gasteiger partial charge in [-0.25, -0.2) is 9.59 Å². The van der Waals surface area contributed by atoms with Crippen LogP contribution in [0.4, 0.5) is 9.59 Å². The molecule has 0 aromatic heterocycles. The van der Waals surface area contributed by atoms with Crippen molar-refractivity contribution in [1.82, 2.24) is 0 Å². The number of benzene rings is 2. The van der Waals surface area contributed by atoms with E-state index in [1.54, 1.807) is 24.3 Å². The molecule has 0 atom stereocenters. The van der Waals surface area contributed by atoms with Gasteiger partial charge in [0.15, 0.2) is 0 Å². The van der Waals surface area contributed by atoms with E-state index in [-0.39, 0.29) is 11.5 Å². The van der Waals surface area contributed by atoms with Crippen molar-refractivity contribution in [1.29, 1.82) is 0 Å². The third-order valence-electron chi connectivity index (χ3n) is 2.24. The SMILES string of the molecule is O=C(O)Oc1ccc(OC(=O)O)c2ccccc12. The summed E-state index contributed by atoms with van der Waals surface area (Å²) in [5, 5.41) is 18.1. The molecule has 0 radical (unpaired) electrons. The molecule has 0 aliphatic carbocycles. The predicted octanol–water partition coefficient (Wildman–Crippen LogP) is 2.95. The maximum atomic E-state index is 10.5. The van der Waals surface area contributed by atoms with Gasteiger partial charge in [0.25, 0.3) is 0 Å². The van der Waals surface area contributed by atoms with Crippen LogP contribution in [0.1, 0.15) is 0 Å². The van der Waals surface area contributed by atoms with Crippen LogP contribution in [0.15, 0.2) is 36.4 Å². The van der Waals surface area contributed by atoms with Crippen LogP contribution in [0.5, 0.6) is 11.5 Å². The van der Waals surface area contributed by atoms with Gasteiger partial charge in [0, 0.05) is 10.8 Å². The van der Waals surface area contributed by atoms with E-state index in [4.69, 9.17) is 10.2 Å². The predicted molar refractivity (Wildman–Crippen MR) is 61.3 cm³/mol. The molecule has 0 bridgehead atoms. The Balaban J connectivity index is 2.58.